The fourth-order valence-corrected chi connectivity index (χ4v) is 4.30. The monoisotopic (exact) mass is 392 g/mol. The van der Waals surface area contributed by atoms with Gasteiger partial charge in [0.15, 0.2) is 0 Å². The zero-order valence-electron chi connectivity index (χ0n) is 17.0. The molecule has 3 aliphatic heterocycles. The maximum absolute atomic E-state index is 5.50. The lowest BCUT2D eigenvalue weighted by Gasteiger charge is -2.33. The van der Waals surface area contributed by atoms with Crippen LogP contribution in [0.1, 0.15) is 29.5 Å². The fourth-order valence-electron chi connectivity index (χ4n) is 4.30. The third kappa shape index (κ3) is 3.84. The molecule has 0 bridgehead atoms. The first kappa shape index (κ1) is 18.5. The lowest BCUT2D eigenvalue weighted by molar-refractivity contribution is 0.0904. The number of fused-ring (bicyclic) bond motifs is 1. The Morgan fingerprint density at radius 3 is 2.66 bits per heavy atom. The van der Waals surface area contributed by atoms with E-state index in [0.29, 0.717) is 12.6 Å². The van der Waals surface area contributed by atoms with Crippen LogP contribution in [0.2, 0.25) is 0 Å². The van der Waals surface area contributed by atoms with Crippen LogP contribution < -0.4 is 10.2 Å². The van der Waals surface area contributed by atoms with Crippen LogP contribution >= 0.6 is 0 Å². The Morgan fingerprint density at radius 2 is 1.83 bits per heavy atom. The second-order valence-electron chi connectivity index (χ2n) is 8.08. The first-order chi connectivity index (χ1) is 14.3. The lowest BCUT2D eigenvalue weighted by Crippen LogP contribution is -2.44. The van der Waals surface area contributed by atoms with Crippen LogP contribution in [0.4, 0.5) is 11.6 Å². The number of hydrogen-bond donors (Lipinski definition) is 1. The number of nitrogens with zero attached hydrogens (tertiary/aromatic N) is 5. The third-order valence-electron chi connectivity index (χ3n) is 6.09. The molecular weight excluding hydrogens is 364 g/mol. The number of likely N-dealkylation sites (N-methyl/N-ethyl adjacent to an activating group) is 1. The average Bonchev–Trinajstić information content (AvgIpc) is 3.20. The molecule has 0 radical (unpaired) electrons. The highest BCUT2D eigenvalue weighted by Crippen LogP contribution is 2.30. The summed E-state index contributed by atoms with van der Waals surface area (Å²) in [5.41, 5.74) is 4.54. The molecule has 2 saturated heterocycles. The van der Waals surface area contributed by atoms with Gasteiger partial charge >= 0.3 is 0 Å². The van der Waals surface area contributed by atoms with Gasteiger partial charge in [0.25, 0.3) is 0 Å². The molecule has 0 aromatic carbocycles. The summed E-state index contributed by atoms with van der Waals surface area (Å²) in [4.78, 5) is 18.9. The number of nitrogens with one attached hydrogen (secondary N) is 1. The van der Waals surface area contributed by atoms with E-state index < -0.39 is 0 Å². The van der Waals surface area contributed by atoms with E-state index >= 15 is 0 Å². The van der Waals surface area contributed by atoms with Gasteiger partial charge < -0.3 is 19.9 Å². The molecule has 0 atom stereocenters. The number of hydrogen-bond acceptors (Lipinski definition) is 7. The zero-order chi connectivity index (χ0) is 19.6. The van der Waals surface area contributed by atoms with Crippen LogP contribution in [-0.4, -0.2) is 73.1 Å². The van der Waals surface area contributed by atoms with Crippen LogP contribution in [0.25, 0.3) is 0 Å². The zero-order valence-corrected chi connectivity index (χ0v) is 17.0. The van der Waals surface area contributed by atoms with Crippen molar-refractivity contribution in [1.82, 2.24) is 14.9 Å². The van der Waals surface area contributed by atoms with E-state index in [2.05, 4.69) is 50.3 Å². The Morgan fingerprint density at radius 1 is 1.03 bits per heavy atom. The van der Waals surface area contributed by atoms with Gasteiger partial charge in [-0.25, -0.2) is 9.97 Å². The molecule has 3 aliphatic rings. The molecule has 2 aromatic rings. The van der Waals surface area contributed by atoms with Crippen LogP contribution in [0, 0.1) is 0 Å². The van der Waals surface area contributed by atoms with Gasteiger partial charge in [-0.1, -0.05) is 0 Å². The molecule has 2 aromatic heterocycles. The summed E-state index contributed by atoms with van der Waals surface area (Å²) < 4.78 is 5.50. The topological polar surface area (TPSA) is 65.9 Å². The van der Waals surface area contributed by atoms with Crippen LogP contribution in [-0.2, 0) is 11.3 Å². The number of anilines is 2. The lowest BCUT2D eigenvalue weighted by atomic mass is 10.0. The normalized spacial score (nSPS) is 20.4. The van der Waals surface area contributed by atoms with Gasteiger partial charge in [0.05, 0.1) is 12.3 Å². The van der Waals surface area contributed by atoms with Gasteiger partial charge in [0.1, 0.15) is 11.6 Å². The predicted octanol–water partition coefficient (Wildman–Crippen LogP) is 2.17. The van der Waals surface area contributed by atoms with Crippen molar-refractivity contribution in [2.75, 3.05) is 56.7 Å². The molecule has 7 nitrogen and oxygen atoms in total. The minimum Gasteiger partial charge on any atom is -0.381 e. The molecule has 5 rings (SSSR count). The molecule has 0 saturated carbocycles. The summed E-state index contributed by atoms with van der Waals surface area (Å²) in [6.45, 7) is 6.49. The Kier molecular flexibility index (Phi) is 5.16. The fraction of sp³-hybridized carbons (Fsp3) is 0.500. The molecule has 152 valence electrons. The number of aromatic nitrogens is 2. The van der Waals surface area contributed by atoms with Crippen molar-refractivity contribution in [3.8, 4) is 0 Å². The summed E-state index contributed by atoms with van der Waals surface area (Å²) in [5, 5.41) is 3.66. The second kappa shape index (κ2) is 8.08. The predicted molar refractivity (Wildman–Crippen MR) is 115 cm³/mol. The van der Waals surface area contributed by atoms with Gasteiger partial charge in [-0.2, -0.15) is 0 Å². The van der Waals surface area contributed by atoms with Gasteiger partial charge in [0.2, 0.25) is 0 Å². The molecular formula is C22H28N6O. The molecule has 29 heavy (non-hydrogen) atoms. The molecule has 0 aliphatic carbocycles. The summed E-state index contributed by atoms with van der Waals surface area (Å²) in [7, 11) is 2.17. The van der Waals surface area contributed by atoms with Crippen molar-refractivity contribution < 1.29 is 4.74 Å². The van der Waals surface area contributed by atoms with Crippen LogP contribution in [0.15, 0.2) is 35.6 Å². The van der Waals surface area contributed by atoms with Gasteiger partial charge in [-0.05, 0) is 43.7 Å². The van der Waals surface area contributed by atoms with E-state index in [9.17, 15) is 0 Å². The van der Waals surface area contributed by atoms with Crippen molar-refractivity contribution >= 4 is 17.3 Å². The Bertz CT molecular complexity index is 900. The third-order valence-corrected chi connectivity index (χ3v) is 6.09. The number of piperazine rings is 1. The average molecular weight is 393 g/mol. The molecule has 2 fully saturated rings. The highest BCUT2D eigenvalue weighted by molar-refractivity contribution is 6.18. The summed E-state index contributed by atoms with van der Waals surface area (Å²) in [6, 6.07) is 6.75. The first-order valence-corrected chi connectivity index (χ1v) is 10.5. The van der Waals surface area contributed by atoms with Crippen molar-refractivity contribution in [3.63, 3.8) is 0 Å². The number of aliphatic imine (C=N–C) groups is 1. The van der Waals surface area contributed by atoms with Crippen LogP contribution in [0.5, 0.6) is 0 Å². The molecule has 0 amide bonds. The number of pyridine rings is 2. The Labute approximate surface area is 171 Å². The maximum Gasteiger partial charge on any atom is 0.135 e. The molecule has 5 heterocycles. The van der Waals surface area contributed by atoms with E-state index in [-0.39, 0.29) is 0 Å². The second-order valence-corrected chi connectivity index (χ2v) is 8.08. The van der Waals surface area contributed by atoms with Crippen LogP contribution in [0.3, 0.4) is 0 Å². The first-order valence-electron chi connectivity index (χ1n) is 10.5. The smallest absolute Gasteiger partial charge is 0.135 e. The Hall–Kier alpha value is -2.51. The summed E-state index contributed by atoms with van der Waals surface area (Å²) >= 11 is 0. The molecule has 1 N–H and O–H groups in total. The summed E-state index contributed by atoms with van der Waals surface area (Å²) in [5.74, 6) is 1.98. The number of rotatable bonds is 4. The SMILES string of the molecule is CN1CCN(c2cc(C3=NCc4ccnc(NC5CCOCC5)c43)ccn2)CC1. The minimum atomic E-state index is 0.406. The quantitative estimate of drug-likeness (QED) is 0.860. The van der Waals surface area contributed by atoms with Crippen molar-refractivity contribution in [2.45, 2.75) is 25.4 Å². The van der Waals surface area contributed by atoms with E-state index in [1.165, 1.54) is 5.56 Å². The molecule has 0 unspecified atom stereocenters. The highest BCUT2D eigenvalue weighted by atomic mass is 16.5. The standard InChI is InChI=1S/C22H28N6O/c1-27-8-10-28(11-9-27)19-14-16(2-6-23-19)21-20-17(15-25-21)3-7-24-22(20)26-18-4-12-29-13-5-18/h2-3,6-7,14,18H,4-5,8-13,15H2,1H3,(H,24,26). The van der Waals surface area contributed by atoms with Gasteiger partial charge in [-0.3, -0.25) is 4.99 Å². The van der Waals surface area contributed by atoms with Crippen molar-refractivity contribution in [3.05, 3.63) is 47.3 Å². The molecule has 0 spiro atoms. The van der Waals surface area contributed by atoms with Gasteiger partial charge in [0, 0.05) is 69.0 Å². The van der Waals surface area contributed by atoms with Crippen molar-refractivity contribution in [2.24, 2.45) is 4.99 Å². The number of ether oxygens (including phenoxy) is 1. The minimum absolute atomic E-state index is 0.406. The van der Waals surface area contributed by atoms with E-state index in [4.69, 9.17) is 9.73 Å². The maximum atomic E-state index is 5.50. The molecule has 7 heteroatoms. The van der Waals surface area contributed by atoms with E-state index in [1.54, 1.807) is 0 Å². The Balaban J connectivity index is 1.42. The van der Waals surface area contributed by atoms with E-state index in [1.807, 2.05) is 12.4 Å². The van der Waals surface area contributed by atoms with Gasteiger partial charge in [-0.15, -0.1) is 0 Å². The highest BCUT2D eigenvalue weighted by Gasteiger charge is 2.25. The summed E-state index contributed by atoms with van der Waals surface area (Å²) in [6.07, 6.45) is 5.83. The largest absolute Gasteiger partial charge is 0.381 e. The van der Waals surface area contributed by atoms with Crippen molar-refractivity contribution in [1.29, 1.82) is 0 Å². The van der Waals surface area contributed by atoms with E-state index in [0.717, 1.165) is 80.7 Å².